The van der Waals surface area contributed by atoms with Gasteiger partial charge in [-0.3, -0.25) is 9.79 Å². The molecule has 166 valence electrons. The van der Waals surface area contributed by atoms with Gasteiger partial charge in [0.25, 0.3) is 0 Å². The number of carbonyl (C=O) groups excluding carboxylic acids is 1. The van der Waals surface area contributed by atoms with Crippen molar-refractivity contribution in [2.24, 2.45) is 4.99 Å². The highest BCUT2D eigenvalue weighted by Gasteiger charge is 2.17. The number of benzene rings is 1. The smallest absolute Gasteiger partial charge is 0.242 e. The molecule has 0 heterocycles. The second-order valence-corrected chi connectivity index (χ2v) is 6.87. The molecule has 1 amide bonds. The minimum absolute atomic E-state index is 0. The van der Waals surface area contributed by atoms with Crippen molar-refractivity contribution in [2.45, 2.75) is 26.8 Å². The Balaban J connectivity index is 0.00000784. The van der Waals surface area contributed by atoms with Gasteiger partial charge in [0.1, 0.15) is 5.75 Å². The lowest BCUT2D eigenvalue weighted by Crippen LogP contribution is -2.46. The first kappa shape index (κ1) is 27.5. The number of hydrogen-bond donors (Lipinski definition) is 1. The van der Waals surface area contributed by atoms with Crippen molar-refractivity contribution in [3.05, 3.63) is 29.8 Å². The van der Waals surface area contributed by atoms with Crippen LogP contribution in [0.4, 0.5) is 0 Å². The highest BCUT2D eigenvalue weighted by Crippen LogP contribution is 2.21. The molecule has 1 atom stereocenters. The highest BCUT2D eigenvalue weighted by molar-refractivity contribution is 14.0. The van der Waals surface area contributed by atoms with Crippen LogP contribution in [-0.4, -0.2) is 87.5 Å². The topological polar surface area (TPSA) is 60.4 Å². The van der Waals surface area contributed by atoms with E-state index in [9.17, 15) is 4.79 Å². The van der Waals surface area contributed by atoms with Gasteiger partial charge in [0.2, 0.25) is 5.91 Å². The number of amides is 1. The van der Waals surface area contributed by atoms with Gasteiger partial charge in [0.05, 0.1) is 26.2 Å². The molecule has 0 aromatic heterocycles. The van der Waals surface area contributed by atoms with Gasteiger partial charge in [-0.25, -0.2) is 0 Å². The molecule has 0 saturated heterocycles. The second-order valence-electron chi connectivity index (χ2n) is 6.87. The number of nitrogens with zero attached hydrogens (tertiary/aromatic N) is 4. The van der Waals surface area contributed by atoms with Crippen molar-refractivity contribution < 1.29 is 9.53 Å². The lowest BCUT2D eigenvalue weighted by atomic mass is 10.1. The molecule has 0 spiro atoms. The first-order valence-electron chi connectivity index (χ1n) is 9.95. The van der Waals surface area contributed by atoms with Gasteiger partial charge in [-0.2, -0.15) is 0 Å². The third-order valence-electron chi connectivity index (χ3n) is 4.72. The van der Waals surface area contributed by atoms with Crippen molar-refractivity contribution in [3.8, 4) is 5.75 Å². The lowest BCUT2D eigenvalue weighted by molar-refractivity contribution is -0.131. The molecule has 1 aromatic carbocycles. The van der Waals surface area contributed by atoms with Crippen LogP contribution >= 0.6 is 24.0 Å². The number of nitrogens with one attached hydrogen (secondary N) is 1. The fraction of sp³-hybridized carbons (Fsp3) is 0.619. The van der Waals surface area contributed by atoms with E-state index in [0.29, 0.717) is 13.1 Å². The Morgan fingerprint density at radius 1 is 1.10 bits per heavy atom. The molecule has 1 rings (SSSR count). The van der Waals surface area contributed by atoms with Crippen LogP contribution in [-0.2, 0) is 4.79 Å². The average molecular weight is 519 g/mol. The van der Waals surface area contributed by atoms with Crippen molar-refractivity contribution in [1.82, 2.24) is 20.0 Å². The SMILES string of the molecule is CCNC(=NCC(c1ccc(OC)cc1)N(C)C)N(C)CC(=O)N(CC)CC.I. The van der Waals surface area contributed by atoms with E-state index in [1.54, 1.807) is 7.11 Å². The normalized spacial score (nSPS) is 12.2. The number of guanidine groups is 1. The summed E-state index contributed by atoms with van der Waals surface area (Å²) in [5.74, 6) is 1.69. The van der Waals surface area contributed by atoms with Crippen LogP contribution < -0.4 is 10.1 Å². The zero-order valence-electron chi connectivity index (χ0n) is 18.9. The van der Waals surface area contributed by atoms with E-state index in [2.05, 4.69) is 22.3 Å². The summed E-state index contributed by atoms with van der Waals surface area (Å²) in [5.41, 5.74) is 1.17. The van der Waals surface area contributed by atoms with E-state index in [1.807, 2.05) is 63.8 Å². The fourth-order valence-electron chi connectivity index (χ4n) is 2.99. The summed E-state index contributed by atoms with van der Waals surface area (Å²) >= 11 is 0. The molecule has 1 aromatic rings. The van der Waals surface area contributed by atoms with Crippen molar-refractivity contribution in [3.63, 3.8) is 0 Å². The van der Waals surface area contributed by atoms with Crippen LogP contribution in [0.2, 0.25) is 0 Å². The van der Waals surface area contributed by atoms with Crippen LogP contribution in [0.3, 0.4) is 0 Å². The van der Waals surface area contributed by atoms with Gasteiger partial charge in [0, 0.05) is 26.7 Å². The van der Waals surface area contributed by atoms with E-state index in [-0.39, 0.29) is 35.9 Å². The van der Waals surface area contributed by atoms with Crippen LogP contribution in [0.1, 0.15) is 32.4 Å². The molecule has 1 unspecified atom stereocenters. The molecule has 0 aliphatic heterocycles. The Hall–Kier alpha value is -1.55. The molecule has 0 radical (unpaired) electrons. The molecule has 0 aliphatic carbocycles. The fourth-order valence-corrected chi connectivity index (χ4v) is 2.99. The number of hydrogen-bond acceptors (Lipinski definition) is 4. The monoisotopic (exact) mass is 519 g/mol. The number of methoxy groups -OCH3 is 1. The molecule has 0 fully saturated rings. The van der Waals surface area contributed by atoms with Gasteiger partial charge >= 0.3 is 0 Å². The summed E-state index contributed by atoms with van der Waals surface area (Å²) in [6, 6.07) is 8.20. The lowest BCUT2D eigenvalue weighted by Gasteiger charge is -2.27. The Kier molecular flexibility index (Phi) is 13.7. The Morgan fingerprint density at radius 3 is 2.14 bits per heavy atom. The minimum atomic E-state index is 0. The largest absolute Gasteiger partial charge is 0.497 e. The maximum atomic E-state index is 12.4. The van der Waals surface area contributed by atoms with E-state index in [1.165, 1.54) is 5.56 Å². The van der Waals surface area contributed by atoms with E-state index >= 15 is 0 Å². The zero-order valence-corrected chi connectivity index (χ0v) is 21.3. The highest BCUT2D eigenvalue weighted by atomic mass is 127. The number of halogens is 1. The Labute approximate surface area is 193 Å². The number of aliphatic imine (C=N–C) groups is 1. The predicted octanol–water partition coefficient (Wildman–Crippen LogP) is 2.68. The van der Waals surface area contributed by atoms with E-state index < -0.39 is 0 Å². The molecule has 0 aliphatic rings. The third-order valence-corrected chi connectivity index (χ3v) is 4.72. The molecule has 0 saturated carbocycles. The standard InChI is InChI=1S/C21H37N5O2.HI/c1-8-22-21(25(6)16-20(27)26(9-2)10-3)23-15-19(24(4)5)17-11-13-18(28-7)14-12-17;/h11-14,19H,8-10,15-16H2,1-7H3,(H,22,23);1H. The first-order chi connectivity index (χ1) is 13.4. The number of ether oxygens (including phenoxy) is 1. The summed E-state index contributed by atoms with van der Waals surface area (Å²) in [6.45, 7) is 9.11. The first-order valence-corrected chi connectivity index (χ1v) is 9.95. The molecule has 1 N–H and O–H groups in total. The van der Waals surface area contributed by atoms with Gasteiger partial charge in [-0.15, -0.1) is 24.0 Å². The maximum Gasteiger partial charge on any atom is 0.242 e. The summed E-state index contributed by atoms with van der Waals surface area (Å²) in [6.07, 6.45) is 0. The summed E-state index contributed by atoms with van der Waals surface area (Å²) in [7, 11) is 7.66. The molecule has 8 heteroatoms. The Morgan fingerprint density at radius 2 is 1.69 bits per heavy atom. The van der Waals surface area contributed by atoms with Crippen LogP contribution in [0.5, 0.6) is 5.75 Å². The molecular weight excluding hydrogens is 481 g/mol. The molecule has 0 bridgehead atoms. The predicted molar refractivity (Wildman–Crippen MR) is 131 cm³/mol. The van der Waals surface area contributed by atoms with Crippen LogP contribution in [0.25, 0.3) is 0 Å². The van der Waals surface area contributed by atoms with Crippen molar-refractivity contribution >= 4 is 35.8 Å². The van der Waals surface area contributed by atoms with Crippen molar-refractivity contribution in [2.75, 3.05) is 61.0 Å². The van der Waals surface area contributed by atoms with Gasteiger partial charge < -0.3 is 24.8 Å². The van der Waals surface area contributed by atoms with Gasteiger partial charge in [0.15, 0.2) is 5.96 Å². The third kappa shape index (κ3) is 8.77. The summed E-state index contributed by atoms with van der Waals surface area (Å²) in [5, 5.41) is 3.29. The van der Waals surface area contributed by atoms with E-state index in [4.69, 9.17) is 9.73 Å². The molecular formula is C21H38IN5O2. The number of likely N-dealkylation sites (N-methyl/N-ethyl adjacent to an activating group) is 3. The Bertz CT molecular complexity index is 618. The molecule has 7 nitrogen and oxygen atoms in total. The number of rotatable bonds is 10. The van der Waals surface area contributed by atoms with E-state index in [0.717, 1.165) is 31.3 Å². The quantitative estimate of drug-likeness (QED) is 0.293. The summed E-state index contributed by atoms with van der Waals surface area (Å²) < 4.78 is 5.25. The summed E-state index contributed by atoms with van der Waals surface area (Å²) in [4.78, 5) is 23.1. The van der Waals surface area contributed by atoms with Gasteiger partial charge in [-0.05, 0) is 52.6 Å². The second kappa shape index (κ2) is 14.4. The maximum absolute atomic E-state index is 12.4. The zero-order chi connectivity index (χ0) is 21.1. The van der Waals surface area contributed by atoms with Crippen LogP contribution in [0.15, 0.2) is 29.3 Å². The molecule has 29 heavy (non-hydrogen) atoms. The van der Waals surface area contributed by atoms with Crippen molar-refractivity contribution in [1.29, 1.82) is 0 Å². The van der Waals surface area contributed by atoms with Crippen LogP contribution in [0, 0.1) is 0 Å². The van der Waals surface area contributed by atoms with Gasteiger partial charge in [-0.1, -0.05) is 12.1 Å². The average Bonchev–Trinajstić information content (AvgIpc) is 2.68. The minimum Gasteiger partial charge on any atom is -0.497 e. The number of carbonyl (C=O) groups is 1.